The Hall–Kier alpha value is -1.18. The van der Waals surface area contributed by atoms with Crippen LogP contribution < -0.4 is 9.46 Å². The van der Waals surface area contributed by atoms with Crippen LogP contribution in [0.25, 0.3) is 0 Å². The molecule has 0 spiro atoms. The van der Waals surface area contributed by atoms with E-state index in [0.717, 1.165) is 25.7 Å². The fraction of sp³-hybridized carbons (Fsp3) is 0.714. The molecule has 1 unspecified atom stereocenters. The number of halogens is 1. The van der Waals surface area contributed by atoms with Crippen molar-refractivity contribution in [2.24, 2.45) is 11.3 Å². The molecule has 1 aromatic carbocycles. The summed E-state index contributed by atoms with van der Waals surface area (Å²) in [5.41, 5.74) is -0.873. The predicted molar refractivity (Wildman–Crippen MR) is 109 cm³/mol. The highest BCUT2D eigenvalue weighted by molar-refractivity contribution is 7.89. The first-order valence-electron chi connectivity index (χ1n) is 10.0. The highest BCUT2D eigenvalue weighted by atomic mass is 32.2. The molecular weight excluding hydrogens is 381 g/mol. The van der Waals surface area contributed by atoms with Gasteiger partial charge in [0, 0.05) is 6.54 Å². The number of ether oxygens (including phenoxy) is 1. The third kappa shape index (κ3) is 8.05. The molecule has 7 heteroatoms. The second kappa shape index (κ2) is 9.09. The Morgan fingerprint density at radius 1 is 1.21 bits per heavy atom. The molecule has 1 fully saturated rings. The number of hydrogen-bond donors (Lipinski definition) is 2. The van der Waals surface area contributed by atoms with Crippen LogP contribution in [0.5, 0.6) is 5.75 Å². The van der Waals surface area contributed by atoms with Crippen LogP contribution in [-0.4, -0.2) is 32.4 Å². The van der Waals surface area contributed by atoms with E-state index >= 15 is 0 Å². The molecule has 0 heterocycles. The van der Waals surface area contributed by atoms with Gasteiger partial charge in [-0.05, 0) is 61.6 Å². The summed E-state index contributed by atoms with van der Waals surface area (Å²) in [5, 5.41) is 10.7. The third-order valence-corrected chi connectivity index (χ3v) is 6.36. The third-order valence-electron chi connectivity index (χ3n) is 4.95. The van der Waals surface area contributed by atoms with Crippen molar-refractivity contribution < 1.29 is 22.7 Å². The van der Waals surface area contributed by atoms with Gasteiger partial charge in [0.15, 0.2) is 11.6 Å². The zero-order valence-corrected chi connectivity index (χ0v) is 18.2. The largest absolute Gasteiger partial charge is 0.490 e. The van der Waals surface area contributed by atoms with Gasteiger partial charge in [-0.2, -0.15) is 0 Å². The molecule has 1 saturated carbocycles. The lowest BCUT2D eigenvalue weighted by Gasteiger charge is -2.25. The number of unbranched alkanes of at least 4 members (excludes halogenated alkanes) is 1. The molecule has 28 heavy (non-hydrogen) atoms. The van der Waals surface area contributed by atoms with Crippen LogP contribution in [0.3, 0.4) is 0 Å². The van der Waals surface area contributed by atoms with Gasteiger partial charge in [0.2, 0.25) is 10.0 Å². The standard InChI is InChI=1S/C21H34FNO4S/c1-20(2,3)11-5-6-12-28(25,26)23-15-21(4,24)17-9-10-18(22)19(13-17)27-14-16-7-8-16/h9-10,13,16,23-24H,5-8,11-12,14-15H2,1-4H3. The quantitative estimate of drug-likeness (QED) is 0.537. The minimum Gasteiger partial charge on any atom is -0.490 e. The highest BCUT2D eigenvalue weighted by Crippen LogP contribution is 2.32. The van der Waals surface area contributed by atoms with E-state index in [4.69, 9.17) is 4.74 Å². The van der Waals surface area contributed by atoms with Crippen LogP contribution in [0.1, 0.15) is 65.4 Å². The van der Waals surface area contributed by atoms with Gasteiger partial charge in [-0.3, -0.25) is 0 Å². The molecule has 0 saturated heterocycles. The summed E-state index contributed by atoms with van der Waals surface area (Å²) in [7, 11) is -3.49. The van der Waals surface area contributed by atoms with Gasteiger partial charge in [-0.1, -0.05) is 33.3 Å². The first-order chi connectivity index (χ1) is 12.9. The van der Waals surface area contributed by atoms with Gasteiger partial charge in [0.25, 0.3) is 0 Å². The maximum atomic E-state index is 13.9. The minimum absolute atomic E-state index is 0.0261. The van der Waals surface area contributed by atoms with E-state index in [2.05, 4.69) is 25.5 Å². The molecule has 0 aliphatic heterocycles. The van der Waals surface area contributed by atoms with E-state index in [0.29, 0.717) is 24.5 Å². The monoisotopic (exact) mass is 415 g/mol. The fourth-order valence-corrected chi connectivity index (χ4v) is 4.04. The summed E-state index contributed by atoms with van der Waals surface area (Å²) in [4.78, 5) is 0. The van der Waals surface area contributed by atoms with Gasteiger partial charge in [-0.25, -0.2) is 17.5 Å². The number of aliphatic hydroxyl groups is 1. The highest BCUT2D eigenvalue weighted by Gasteiger charge is 2.28. The van der Waals surface area contributed by atoms with E-state index in [1.807, 2.05) is 0 Å². The molecule has 0 aromatic heterocycles. The predicted octanol–water partition coefficient (Wildman–Crippen LogP) is 3.96. The SMILES string of the molecule is CC(C)(C)CCCCS(=O)(=O)NCC(C)(O)c1ccc(F)c(OCC2CC2)c1. The molecule has 2 rings (SSSR count). The summed E-state index contributed by atoms with van der Waals surface area (Å²) < 4.78 is 46.4. The fourth-order valence-electron chi connectivity index (χ4n) is 2.81. The van der Waals surface area contributed by atoms with E-state index in [-0.39, 0.29) is 23.5 Å². The van der Waals surface area contributed by atoms with Gasteiger partial charge >= 0.3 is 0 Å². The van der Waals surface area contributed by atoms with Crippen LogP contribution in [-0.2, 0) is 15.6 Å². The van der Waals surface area contributed by atoms with Crippen molar-refractivity contribution in [1.29, 1.82) is 0 Å². The normalized spacial score (nSPS) is 17.4. The summed E-state index contributed by atoms with van der Waals surface area (Å²) in [5.74, 6) is 0.112. The molecular formula is C21H34FNO4S. The van der Waals surface area contributed by atoms with Crippen molar-refractivity contribution in [3.63, 3.8) is 0 Å². The molecule has 160 valence electrons. The molecule has 0 radical (unpaired) electrons. The van der Waals surface area contributed by atoms with E-state index in [1.54, 1.807) is 0 Å². The Balaban J connectivity index is 1.90. The van der Waals surface area contributed by atoms with Crippen molar-refractivity contribution >= 4 is 10.0 Å². The topological polar surface area (TPSA) is 75.6 Å². The Kier molecular flexibility index (Phi) is 7.50. The van der Waals surface area contributed by atoms with Gasteiger partial charge in [0.05, 0.1) is 12.4 Å². The van der Waals surface area contributed by atoms with Gasteiger partial charge in [-0.15, -0.1) is 0 Å². The van der Waals surface area contributed by atoms with Crippen LogP contribution in [0.15, 0.2) is 18.2 Å². The van der Waals surface area contributed by atoms with Crippen LogP contribution in [0.4, 0.5) is 4.39 Å². The molecule has 0 amide bonds. The number of benzene rings is 1. The molecule has 5 nitrogen and oxygen atoms in total. The van der Waals surface area contributed by atoms with Gasteiger partial charge < -0.3 is 9.84 Å². The molecule has 1 aromatic rings. The maximum absolute atomic E-state index is 13.9. The number of rotatable bonds is 11. The van der Waals surface area contributed by atoms with Gasteiger partial charge in [0.1, 0.15) is 5.60 Å². The summed E-state index contributed by atoms with van der Waals surface area (Å²) in [6.45, 7) is 8.17. The second-order valence-corrected chi connectivity index (χ2v) is 11.3. The summed E-state index contributed by atoms with van der Waals surface area (Å²) >= 11 is 0. The molecule has 1 aliphatic carbocycles. The first kappa shape index (κ1) is 23.1. The van der Waals surface area contributed by atoms with E-state index < -0.39 is 21.4 Å². The van der Waals surface area contributed by atoms with Crippen molar-refractivity contribution in [2.75, 3.05) is 18.9 Å². The minimum atomic E-state index is -3.49. The van der Waals surface area contributed by atoms with Crippen molar-refractivity contribution in [3.05, 3.63) is 29.6 Å². The molecule has 2 N–H and O–H groups in total. The Labute approximate surface area is 168 Å². The second-order valence-electron chi connectivity index (χ2n) is 9.33. The average molecular weight is 416 g/mol. The van der Waals surface area contributed by atoms with E-state index in [1.165, 1.54) is 25.1 Å². The smallest absolute Gasteiger partial charge is 0.211 e. The van der Waals surface area contributed by atoms with Crippen molar-refractivity contribution in [2.45, 2.75) is 65.4 Å². The lowest BCUT2D eigenvalue weighted by molar-refractivity contribution is 0.0623. The lowest BCUT2D eigenvalue weighted by atomic mass is 9.90. The van der Waals surface area contributed by atoms with E-state index in [9.17, 15) is 17.9 Å². The maximum Gasteiger partial charge on any atom is 0.211 e. The molecule has 0 bridgehead atoms. The number of sulfonamides is 1. The lowest BCUT2D eigenvalue weighted by Crippen LogP contribution is -2.39. The summed E-state index contributed by atoms with van der Waals surface area (Å²) in [6.07, 6.45) is 4.55. The zero-order valence-electron chi connectivity index (χ0n) is 17.4. The summed E-state index contributed by atoms with van der Waals surface area (Å²) in [6, 6.07) is 4.15. The Bertz CT molecular complexity index is 752. The zero-order chi connectivity index (χ0) is 21.0. The Morgan fingerprint density at radius 2 is 1.89 bits per heavy atom. The van der Waals surface area contributed by atoms with Crippen molar-refractivity contribution in [3.8, 4) is 5.75 Å². The first-order valence-corrected chi connectivity index (χ1v) is 11.7. The van der Waals surface area contributed by atoms with Crippen LogP contribution in [0.2, 0.25) is 0 Å². The molecule has 1 atom stereocenters. The molecule has 1 aliphatic rings. The number of hydrogen-bond acceptors (Lipinski definition) is 4. The van der Waals surface area contributed by atoms with Crippen molar-refractivity contribution in [1.82, 2.24) is 4.72 Å². The Morgan fingerprint density at radius 3 is 2.50 bits per heavy atom. The van der Waals surface area contributed by atoms with Crippen LogP contribution >= 0.6 is 0 Å². The average Bonchev–Trinajstić information content (AvgIpc) is 3.40. The number of nitrogens with one attached hydrogen (secondary N) is 1. The van der Waals surface area contributed by atoms with Crippen LogP contribution in [0, 0.1) is 17.2 Å².